The largest absolute Gasteiger partial charge is 0.469 e. The average molecular weight is 278 g/mol. The van der Waals surface area contributed by atoms with E-state index >= 15 is 0 Å². The number of hydrazone groups is 1. The van der Waals surface area contributed by atoms with Crippen molar-refractivity contribution in [3.63, 3.8) is 0 Å². The molecule has 18 heavy (non-hydrogen) atoms. The molecule has 0 aromatic carbocycles. The van der Waals surface area contributed by atoms with Crippen molar-refractivity contribution < 1.29 is 19.1 Å². The lowest BCUT2D eigenvalue weighted by Gasteiger charge is -2.13. The van der Waals surface area contributed by atoms with Crippen molar-refractivity contribution in [3.05, 3.63) is 0 Å². The summed E-state index contributed by atoms with van der Waals surface area (Å²) < 4.78 is 9.04. The molecule has 0 spiro atoms. The Morgan fingerprint density at radius 2 is 2.00 bits per heavy atom. The van der Waals surface area contributed by atoms with Gasteiger partial charge in [0.05, 0.1) is 20.6 Å². The van der Waals surface area contributed by atoms with E-state index in [1.165, 1.54) is 26.0 Å². The van der Waals surface area contributed by atoms with Gasteiger partial charge in [0, 0.05) is 6.42 Å². The highest BCUT2D eigenvalue weighted by Gasteiger charge is 2.15. The first kappa shape index (κ1) is 16.7. The van der Waals surface area contributed by atoms with Crippen LogP contribution in [0.25, 0.3) is 0 Å². The van der Waals surface area contributed by atoms with Gasteiger partial charge in [-0.2, -0.15) is 5.10 Å². The Morgan fingerprint density at radius 1 is 1.33 bits per heavy atom. The Bertz CT molecular complexity index is 307. The van der Waals surface area contributed by atoms with Crippen molar-refractivity contribution in [2.24, 2.45) is 10.9 Å². The van der Waals surface area contributed by atoms with E-state index in [2.05, 4.69) is 25.4 Å². The molecule has 1 atom stereocenters. The van der Waals surface area contributed by atoms with Gasteiger partial charge >= 0.3 is 11.9 Å². The molecule has 4 N–H and O–H groups in total. The maximum Gasteiger partial charge on any atom is 0.354 e. The standard InChI is InChI=1S/C9H18N4O4S/c1-16-7(14)5-4-6(8(15)17-2)12-13-9(11-10)18-3/h9,11,13H,4-5,10H2,1-3H3/b12-6+/t9-/m0/s1. The minimum atomic E-state index is -0.608. The number of hydrogen-bond donors (Lipinski definition) is 3. The van der Waals surface area contributed by atoms with Crippen LogP contribution in [0.1, 0.15) is 12.8 Å². The molecule has 8 nitrogen and oxygen atoms in total. The van der Waals surface area contributed by atoms with Crippen LogP contribution < -0.4 is 16.7 Å². The van der Waals surface area contributed by atoms with Gasteiger partial charge in [-0.1, -0.05) is 0 Å². The van der Waals surface area contributed by atoms with Gasteiger partial charge < -0.3 is 9.47 Å². The summed E-state index contributed by atoms with van der Waals surface area (Å²) in [7, 11) is 2.51. The number of thioether (sulfide) groups is 1. The van der Waals surface area contributed by atoms with Crippen LogP contribution in [0.2, 0.25) is 0 Å². The predicted octanol–water partition coefficient (Wildman–Crippen LogP) is -0.832. The number of hydrazine groups is 1. The van der Waals surface area contributed by atoms with Gasteiger partial charge in [-0.05, 0) is 6.26 Å². The van der Waals surface area contributed by atoms with Gasteiger partial charge in [-0.25, -0.2) is 10.2 Å². The van der Waals surface area contributed by atoms with E-state index in [9.17, 15) is 9.59 Å². The maximum absolute atomic E-state index is 11.4. The highest BCUT2D eigenvalue weighted by molar-refractivity contribution is 7.99. The van der Waals surface area contributed by atoms with Crippen LogP contribution in [0.5, 0.6) is 0 Å². The second kappa shape index (κ2) is 9.68. The molecular formula is C9H18N4O4S. The topological polar surface area (TPSA) is 115 Å². The fourth-order valence-corrected chi connectivity index (χ4v) is 1.23. The Hall–Kier alpha value is -1.32. The van der Waals surface area contributed by atoms with Crippen LogP contribution in [0, 0.1) is 0 Å². The van der Waals surface area contributed by atoms with E-state index in [0.717, 1.165) is 0 Å². The molecular weight excluding hydrogens is 260 g/mol. The highest BCUT2D eigenvalue weighted by atomic mass is 32.2. The number of nitrogens with one attached hydrogen (secondary N) is 2. The first-order valence-corrected chi connectivity index (χ1v) is 6.34. The Labute approximate surface area is 110 Å². The molecule has 0 rings (SSSR count). The van der Waals surface area contributed by atoms with Gasteiger partial charge in [-0.15, -0.1) is 11.8 Å². The fraction of sp³-hybridized carbons (Fsp3) is 0.667. The molecule has 0 aromatic rings. The molecule has 0 aliphatic carbocycles. The summed E-state index contributed by atoms with van der Waals surface area (Å²) in [6.45, 7) is 0. The van der Waals surface area contributed by atoms with Crippen molar-refractivity contribution in [3.8, 4) is 0 Å². The summed E-state index contributed by atoms with van der Waals surface area (Å²) in [4.78, 5) is 22.4. The van der Waals surface area contributed by atoms with Gasteiger partial charge in [-0.3, -0.25) is 16.1 Å². The summed E-state index contributed by atoms with van der Waals surface area (Å²) in [6.07, 6.45) is 1.98. The van der Waals surface area contributed by atoms with Crippen molar-refractivity contribution >= 4 is 29.4 Å². The summed E-state index contributed by atoms with van der Waals surface area (Å²) in [5.74, 6) is 4.19. The second-order valence-electron chi connectivity index (χ2n) is 3.04. The van der Waals surface area contributed by atoms with E-state index in [0.29, 0.717) is 0 Å². The van der Waals surface area contributed by atoms with Gasteiger partial charge in [0.2, 0.25) is 0 Å². The third-order valence-corrected chi connectivity index (χ3v) is 2.63. The summed E-state index contributed by atoms with van der Waals surface area (Å²) in [5.41, 5.74) is 4.83. The van der Waals surface area contributed by atoms with Crippen LogP contribution in [-0.4, -0.2) is 43.6 Å². The number of carbonyl (C=O) groups is 2. The van der Waals surface area contributed by atoms with Crippen molar-refractivity contribution in [1.29, 1.82) is 0 Å². The van der Waals surface area contributed by atoms with E-state index in [1.807, 2.05) is 0 Å². The van der Waals surface area contributed by atoms with E-state index in [4.69, 9.17) is 5.84 Å². The summed E-state index contributed by atoms with van der Waals surface area (Å²) in [5, 5.41) is 3.86. The third-order valence-electron chi connectivity index (χ3n) is 1.92. The van der Waals surface area contributed by atoms with Gasteiger partial charge in [0.25, 0.3) is 0 Å². The zero-order valence-electron chi connectivity index (χ0n) is 10.6. The number of nitrogens with two attached hydrogens (primary N) is 1. The molecule has 0 heterocycles. The molecule has 0 radical (unpaired) electrons. The zero-order valence-corrected chi connectivity index (χ0v) is 11.4. The smallest absolute Gasteiger partial charge is 0.354 e. The number of ether oxygens (including phenoxy) is 2. The molecule has 0 unspecified atom stereocenters. The number of esters is 2. The van der Waals surface area contributed by atoms with Gasteiger partial charge in [0.15, 0.2) is 5.50 Å². The lowest BCUT2D eigenvalue weighted by Crippen LogP contribution is -2.42. The molecule has 0 saturated heterocycles. The summed E-state index contributed by atoms with van der Waals surface area (Å²) in [6, 6.07) is 0. The number of rotatable bonds is 8. The van der Waals surface area contributed by atoms with Gasteiger partial charge in [0.1, 0.15) is 5.71 Å². The Kier molecular flexibility index (Phi) is 8.97. The van der Waals surface area contributed by atoms with E-state index in [1.54, 1.807) is 6.26 Å². The first-order valence-electron chi connectivity index (χ1n) is 5.05. The number of methoxy groups -OCH3 is 2. The molecule has 0 aliphatic rings. The lowest BCUT2D eigenvalue weighted by molar-refractivity contribution is -0.140. The van der Waals surface area contributed by atoms with Crippen molar-refractivity contribution in [1.82, 2.24) is 10.9 Å². The minimum Gasteiger partial charge on any atom is -0.469 e. The van der Waals surface area contributed by atoms with Crippen LogP contribution in [0.3, 0.4) is 0 Å². The fourth-order valence-electron chi connectivity index (χ4n) is 0.939. The van der Waals surface area contributed by atoms with E-state index < -0.39 is 11.9 Å². The number of carbonyl (C=O) groups excluding carboxylic acids is 2. The predicted molar refractivity (Wildman–Crippen MR) is 68.5 cm³/mol. The number of hydrogen-bond acceptors (Lipinski definition) is 9. The molecule has 0 bridgehead atoms. The quantitative estimate of drug-likeness (QED) is 0.173. The monoisotopic (exact) mass is 278 g/mol. The maximum atomic E-state index is 11.4. The van der Waals surface area contributed by atoms with E-state index in [-0.39, 0.29) is 24.1 Å². The third kappa shape index (κ3) is 6.42. The SMILES string of the molecule is COC(=O)CC/C(=N\N[C@H](NN)SC)C(=O)OC. The summed E-state index contributed by atoms with van der Waals surface area (Å²) >= 11 is 1.36. The Morgan fingerprint density at radius 3 is 2.44 bits per heavy atom. The molecule has 0 amide bonds. The first-order chi connectivity index (χ1) is 8.58. The van der Waals surface area contributed by atoms with Crippen LogP contribution in [-0.2, 0) is 19.1 Å². The Balaban J connectivity index is 4.52. The molecule has 0 aromatic heterocycles. The number of nitrogens with zero attached hydrogens (tertiary/aromatic N) is 1. The van der Waals surface area contributed by atoms with Crippen molar-refractivity contribution in [2.75, 3.05) is 20.5 Å². The molecule has 104 valence electrons. The molecule has 9 heteroatoms. The molecule has 0 aliphatic heterocycles. The average Bonchev–Trinajstić information content (AvgIpc) is 2.41. The molecule has 0 fully saturated rings. The highest BCUT2D eigenvalue weighted by Crippen LogP contribution is 2.00. The van der Waals surface area contributed by atoms with Crippen molar-refractivity contribution in [2.45, 2.75) is 18.3 Å². The minimum absolute atomic E-state index is 0.0477. The zero-order chi connectivity index (χ0) is 14.0. The lowest BCUT2D eigenvalue weighted by atomic mass is 10.2. The van der Waals surface area contributed by atoms with Crippen LogP contribution in [0.15, 0.2) is 5.10 Å². The second-order valence-corrected chi connectivity index (χ2v) is 3.98. The normalized spacial score (nSPS) is 12.8. The van der Waals surface area contributed by atoms with Crippen LogP contribution in [0.4, 0.5) is 0 Å². The van der Waals surface area contributed by atoms with Crippen LogP contribution >= 0.6 is 11.8 Å². The molecule has 0 saturated carbocycles.